The molecule has 0 aliphatic carbocycles. The molecule has 0 aliphatic heterocycles. The molecule has 123 valence electrons. The molecule has 0 saturated heterocycles. The molecule has 0 bridgehead atoms. The van der Waals surface area contributed by atoms with E-state index in [4.69, 9.17) is 4.74 Å². The Kier molecular flexibility index (Phi) is 18.9. The van der Waals surface area contributed by atoms with E-state index in [0.717, 1.165) is 19.4 Å². The minimum Gasteiger partial charge on any atom is -0.379 e. The molecule has 0 unspecified atom stereocenters. The molecular weight excluding hydrogens is 256 g/mol. The van der Waals surface area contributed by atoms with Crippen molar-refractivity contribution in [2.45, 2.75) is 90.4 Å². The van der Waals surface area contributed by atoms with Crippen LogP contribution >= 0.6 is 0 Å². The Morgan fingerprint density at radius 3 is 1.76 bits per heavy atom. The Morgan fingerprint density at radius 1 is 0.667 bits per heavy atom. The summed E-state index contributed by atoms with van der Waals surface area (Å²) in [6.07, 6.45) is 26.2. The molecule has 1 radical (unpaired) electrons. The predicted octanol–water partition coefficient (Wildman–Crippen LogP) is 7.00. The van der Waals surface area contributed by atoms with Gasteiger partial charge in [-0.15, -0.1) is 0 Å². The third kappa shape index (κ3) is 19.4. The van der Waals surface area contributed by atoms with E-state index in [1.54, 1.807) is 0 Å². The lowest BCUT2D eigenvalue weighted by Gasteiger charge is -2.00. The van der Waals surface area contributed by atoms with Gasteiger partial charge in [0.15, 0.2) is 0 Å². The van der Waals surface area contributed by atoms with Crippen LogP contribution in [0.4, 0.5) is 0 Å². The maximum atomic E-state index is 4.80. The fourth-order valence-electron chi connectivity index (χ4n) is 2.37. The van der Waals surface area contributed by atoms with Crippen LogP contribution in [0.5, 0.6) is 0 Å². The monoisotopic (exact) mass is 293 g/mol. The number of hydrogen-bond donors (Lipinski definition) is 0. The maximum Gasteiger partial charge on any atom is 0.0700 e. The van der Waals surface area contributed by atoms with Crippen LogP contribution in [0.2, 0.25) is 0 Å². The molecule has 0 aliphatic rings. The second kappa shape index (κ2) is 19.4. The van der Waals surface area contributed by atoms with Crippen LogP contribution in [-0.4, -0.2) is 6.61 Å². The zero-order valence-corrected chi connectivity index (χ0v) is 14.3. The molecule has 0 amide bonds. The lowest BCUT2D eigenvalue weighted by molar-refractivity contribution is 0.233. The van der Waals surface area contributed by atoms with Gasteiger partial charge >= 0.3 is 0 Å². The van der Waals surface area contributed by atoms with E-state index in [-0.39, 0.29) is 0 Å². The highest BCUT2D eigenvalue weighted by molar-refractivity contribution is 4.92. The van der Waals surface area contributed by atoms with E-state index in [2.05, 4.69) is 38.3 Å². The Balaban J connectivity index is 3.11. The average Bonchev–Trinajstić information content (AvgIpc) is 2.50. The Morgan fingerprint density at radius 2 is 1.19 bits per heavy atom. The van der Waals surface area contributed by atoms with Crippen molar-refractivity contribution in [1.82, 2.24) is 0 Å². The van der Waals surface area contributed by atoms with Crippen molar-refractivity contribution in [3.05, 3.63) is 31.4 Å². The summed E-state index contributed by atoms with van der Waals surface area (Å²) in [7, 11) is 3.39. The number of allylic oxidation sites excluding steroid dienone is 4. The fraction of sp³-hybridized carbons (Fsp3) is 0.750. The van der Waals surface area contributed by atoms with Crippen molar-refractivity contribution in [2.24, 2.45) is 0 Å². The molecular formula is C20H37O. The zero-order valence-electron chi connectivity index (χ0n) is 14.3. The Labute approximate surface area is 133 Å². The van der Waals surface area contributed by atoms with Gasteiger partial charge in [0, 0.05) is 6.61 Å². The van der Waals surface area contributed by atoms with E-state index in [9.17, 15) is 0 Å². The first-order valence-corrected chi connectivity index (χ1v) is 9.08. The highest BCUT2D eigenvalue weighted by Gasteiger charge is 1.91. The van der Waals surface area contributed by atoms with Crippen molar-refractivity contribution < 1.29 is 4.74 Å². The second-order valence-corrected chi connectivity index (χ2v) is 5.85. The lowest BCUT2D eigenvalue weighted by Crippen LogP contribution is -1.86. The van der Waals surface area contributed by atoms with Gasteiger partial charge in [0.05, 0.1) is 7.11 Å². The summed E-state index contributed by atoms with van der Waals surface area (Å²) in [6, 6.07) is 0. The predicted molar refractivity (Wildman–Crippen MR) is 95.3 cm³/mol. The first kappa shape index (κ1) is 20.4. The molecule has 1 heteroatoms. The van der Waals surface area contributed by atoms with E-state index >= 15 is 0 Å². The minimum absolute atomic E-state index is 0.817. The van der Waals surface area contributed by atoms with Crippen molar-refractivity contribution in [3.63, 3.8) is 0 Å². The van der Waals surface area contributed by atoms with Crippen molar-refractivity contribution in [2.75, 3.05) is 6.61 Å². The van der Waals surface area contributed by atoms with Gasteiger partial charge in [-0.3, -0.25) is 0 Å². The van der Waals surface area contributed by atoms with Crippen LogP contribution in [0, 0.1) is 7.11 Å². The van der Waals surface area contributed by atoms with Gasteiger partial charge in [-0.2, -0.15) is 0 Å². The summed E-state index contributed by atoms with van der Waals surface area (Å²) in [5, 5.41) is 0. The quantitative estimate of drug-likeness (QED) is 0.220. The van der Waals surface area contributed by atoms with Gasteiger partial charge in [-0.1, -0.05) is 76.2 Å². The molecule has 0 heterocycles. The summed E-state index contributed by atoms with van der Waals surface area (Å²) in [5.74, 6) is 0. The summed E-state index contributed by atoms with van der Waals surface area (Å²) < 4.78 is 4.80. The van der Waals surface area contributed by atoms with Gasteiger partial charge in [0.25, 0.3) is 0 Å². The topological polar surface area (TPSA) is 9.23 Å². The van der Waals surface area contributed by atoms with Crippen molar-refractivity contribution in [1.29, 1.82) is 0 Å². The Bertz CT molecular complexity index is 230. The third-order valence-corrected chi connectivity index (χ3v) is 3.74. The van der Waals surface area contributed by atoms with E-state index < -0.39 is 0 Å². The Hall–Kier alpha value is -0.560. The molecule has 0 aromatic rings. The van der Waals surface area contributed by atoms with Crippen LogP contribution in [-0.2, 0) is 4.74 Å². The van der Waals surface area contributed by atoms with Crippen LogP contribution in [0.25, 0.3) is 0 Å². The smallest absolute Gasteiger partial charge is 0.0700 e. The molecule has 0 rings (SSSR count). The number of ether oxygens (including phenoxy) is 1. The van der Waals surface area contributed by atoms with Gasteiger partial charge in [0.2, 0.25) is 0 Å². The van der Waals surface area contributed by atoms with Crippen LogP contribution in [0.15, 0.2) is 24.3 Å². The standard InChI is InChI=1S/C20H37O/c1-3-4-5-6-7-8-9-10-11-12-13-14-15-16-17-18-19-20-21-2/h7-8,10-11H,2-6,9,12-20H2,1H3/b8-7+,11-10+. The average molecular weight is 294 g/mol. The van der Waals surface area contributed by atoms with Gasteiger partial charge < -0.3 is 4.74 Å². The maximum absolute atomic E-state index is 4.80. The number of rotatable bonds is 16. The first-order chi connectivity index (χ1) is 10.4. The van der Waals surface area contributed by atoms with Gasteiger partial charge in [-0.25, -0.2) is 0 Å². The van der Waals surface area contributed by atoms with E-state index in [0.29, 0.717) is 0 Å². The first-order valence-electron chi connectivity index (χ1n) is 9.08. The molecule has 21 heavy (non-hydrogen) atoms. The van der Waals surface area contributed by atoms with Gasteiger partial charge in [-0.05, 0) is 38.5 Å². The molecule has 0 saturated carbocycles. The largest absolute Gasteiger partial charge is 0.379 e. The van der Waals surface area contributed by atoms with E-state index in [1.165, 1.54) is 70.6 Å². The molecule has 0 N–H and O–H groups in total. The highest BCUT2D eigenvalue weighted by atomic mass is 16.5. The highest BCUT2D eigenvalue weighted by Crippen LogP contribution is 2.09. The molecule has 0 spiro atoms. The third-order valence-electron chi connectivity index (χ3n) is 3.74. The zero-order chi connectivity index (χ0) is 15.4. The summed E-state index contributed by atoms with van der Waals surface area (Å²) in [5.41, 5.74) is 0. The second-order valence-electron chi connectivity index (χ2n) is 5.85. The molecule has 1 nitrogen and oxygen atoms in total. The summed E-state index contributed by atoms with van der Waals surface area (Å²) in [6.45, 7) is 3.07. The summed E-state index contributed by atoms with van der Waals surface area (Å²) >= 11 is 0. The normalized spacial score (nSPS) is 11.9. The SMILES string of the molecule is [CH2]OCCCCCCCCC/C=C/C/C=C/CCCCC. The molecule has 0 atom stereocenters. The van der Waals surface area contributed by atoms with Gasteiger partial charge in [0.1, 0.15) is 0 Å². The minimum atomic E-state index is 0.817. The van der Waals surface area contributed by atoms with Crippen LogP contribution in [0.3, 0.4) is 0 Å². The number of unbranched alkanes of at least 4 members (excludes halogenated alkanes) is 10. The number of hydrogen-bond acceptors (Lipinski definition) is 1. The lowest BCUT2D eigenvalue weighted by atomic mass is 10.1. The summed E-state index contributed by atoms with van der Waals surface area (Å²) in [4.78, 5) is 0. The van der Waals surface area contributed by atoms with E-state index in [1.807, 2.05) is 0 Å². The van der Waals surface area contributed by atoms with Crippen molar-refractivity contribution in [3.8, 4) is 0 Å². The molecule has 0 aromatic carbocycles. The van der Waals surface area contributed by atoms with Crippen LogP contribution < -0.4 is 0 Å². The van der Waals surface area contributed by atoms with Crippen molar-refractivity contribution >= 4 is 0 Å². The fourth-order valence-corrected chi connectivity index (χ4v) is 2.37. The molecule has 0 fully saturated rings. The van der Waals surface area contributed by atoms with Crippen LogP contribution in [0.1, 0.15) is 90.4 Å². The molecule has 0 aromatic heterocycles.